The summed E-state index contributed by atoms with van der Waals surface area (Å²) in [7, 11) is -3.85. The van der Waals surface area contributed by atoms with Crippen molar-refractivity contribution in [1.29, 1.82) is 0 Å². The smallest absolute Gasteiger partial charge is 0.416 e. The average molecular weight is 500 g/mol. The molecule has 34 heavy (non-hydrogen) atoms. The molecule has 0 heterocycles. The lowest BCUT2D eigenvalue weighted by Gasteiger charge is -2.62. The number of alkyl halides is 3. The molecule has 0 spiro atoms. The molecule has 0 radical (unpaired) electrons. The maximum Gasteiger partial charge on any atom is 0.416 e. The van der Waals surface area contributed by atoms with E-state index >= 15 is 0 Å². The van der Waals surface area contributed by atoms with Gasteiger partial charge >= 0.3 is 12.1 Å². The topological polar surface area (TPSA) is 83.5 Å². The lowest BCUT2D eigenvalue weighted by atomic mass is 9.44. The zero-order valence-electron chi connectivity index (χ0n) is 19.4. The van der Waals surface area contributed by atoms with Crippen LogP contribution in [0.5, 0.6) is 0 Å². The largest absolute Gasteiger partial charge is 0.481 e. The molecule has 3 fully saturated rings. The predicted molar refractivity (Wildman–Crippen MR) is 125 cm³/mol. The number of sulfonamides is 1. The molecule has 188 valence electrons. The standard InChI is InChI=1S/C25H32F3NO4S/c1-24(2)19-15-21(24)20(10-5-3-4-6-11-23(30)31)22(16-19)29-34(32,33)13-12-17-8-7-9-18(14-17)25(26,27)28/h3,5,7-9,12-14,19-22,29H,4,6,10-11,15-16H2,1-2H3,(H,30,31)/b5-3-,13-12?. The highest BCUT2D eigenvalue weighted by Gasteiger charge is 2.57. The first kappa shape index (κ1) is 26.5. The Morgan fingerprint density at radius 3 is 2.62 bits per heavy atom. The fourth-order valence-electron chi connectivity index (χ4n) is 5.39. The van der Waals surface area contributed by atoms with Gasteiger partial charge in [-0.05, 0) is 79.0 Å². The number of benzene rings is 1. The monoisotopic (exact) mass is 499 g/mol. The summed E-state index contributed by atoms with van der Waals surface area (Å²) >= 11 is 0. The molecule has 5 nitrogen and oxygen atoms in total. The zero-order valence-corrected chi connectivity index (χ0v) is 20.2. The van der Waals surface area contributed by atoms with E-state index in [1.165, 1.54) is 18.2 Å². The molecule has 4 atom stereocenters. The fraction of sp³-hybridized carbons (Fsp3) is 0.560. The van der Waals surface area contributed by atoms with Gasteiger partial charge in [-0.15, -0.1) is 0 Å². The van der Waals surface area contributed by atoms with Crippen molar-refractivity contribution in [3.05, 3.63) is 53.0 Å². The molecular formula is C25H32F3NO4S. The molecule has 1 aromatic rings. The van der Waals surface area contributed by atoms with Gasteiger partial charge in [-0.2, -0.15) is 13.2 Å². The Hall–Kier alpha value is -2.13. The quantitative estimate of drug-likeness (QED) is 0.313. The van der Waals surface area contributed by atoms with Crippen molar-refractivity contribution in [3.8, 4) is 0 Å². The van der Waals surface area contributed by atoms with Crippen LogP contribution in [0.15, 0.2) is 41.8 Å². The van der Waals surface area contributed by atoms with Crippen molar-refractivity contribution >= 4 is 22.1 Å². The Morgan fingerprint density at radius 1 is 1.24 bits per heavy atom. The number of carboxylic acids is 1. The fourth-order valence-corrected chi connectivity index (χ4v) is 6.50. The molecule has 3 saturated carbocycles. The lowest BCUT2D eigenvalue weighted by Crippen LogP contribution is -2.61. The van der Waals surface area contributed by atoms with E-state index in [2.05, 4.69) is 18.6 Å². The van der Waals surface area contributed by atoms with E-state index in [1.54, 1.807) is 0 Å². The second-order valence-electron chi connectivity index (χ2n) is 9.95. The van der Waals surface area contributed by atoms with Gasteiger partial charge in [0.15, 0.2) is 0 Å². The van der Waals surface area contributed by atoms with E-state index in [0.29, 0.717) is 31.1 Å². The number of aliphatic carboxylic acids is 1. The molecule has 4 rings (SSSR count). The number of carboxylic acid groups (broad SMARTS) is 1. The summed E-state index contributed by atoms with van der Waals surface area (Å²) in [4.78, 5) is 10.6. The van der Waals surface area contributed by atoms with Crippen LogP contribution in [0.2, 0.25) is 0 Å². The van der Waals surface area contributed by atoms with Gasteiger partial charge in [-0.3, -0.25) is 4.79 Å². The van der Waals surface area contributed by atoms with Crippen LogP contribution in [0, 0.1) is 23.2 Å². The summed E-state index contributed by atoms with van der Waals surface area (Å²) in [5.74, 6) is 0.0755. The third-order valence-electron chi connectivity index (χ3n) is 7.42. The van der Waals surface area contributed by atoms with Crippen LogP contribution in [-0.4, -0.2) is 25.5 Å². The first-order valence-electron chi connectivity index (χ1n) is 11.5. The number of nitrogens with one attached hydrogen (secondary N) is 1. The average Bonchev–Trinajstić information content (AvgIpc) is 2.74. The second-order valence-corrected chi connectivity index (χ2v) is 11.5. The van der Waals surface area contributed by atoms with Gasteiger partial charge in [0.1, 0.15) is 0 Å². The van der Waals surface area contributed by atoms with Crippen molar-refractivity contribution in [2.45, 2.75) is 64.6 Å². The third-order valence-corrected chi connectivity index (χ3v) is 8.55. The molecular weight excluding hydrogens is 467 g/mol. The molecule has 0 saturated heterocycles. The minimum atomic E-state index is -4.49. The molecule has 0 aliphatic heterocycles. The Morgan fingerprint density at radius 2 is 1.97 bits per heavy atom. The van der Waals surface area contributed by atoms with Gasteiger partial charge in [-0.1, -0.05) is 38.1 Å². The summed E-state index contributed by atoms with van der Waals surface area (Å²) in [6, 6.07) is 4.29. The summed E-state index contributed by atoms with van der Waals surface area (Å²) in [6.07, 6.45) is 4.47. The maximum atomic E-state index is 12.9. The van der Waals surface area contributed by atoms with Crippen molar-refractivity contribution in [2.75, 3.05) is 0 Å². The van der Waals surface area contributed by atoms with Crippen LogP contribution in [0.3, 0.4) is 0 Å². The van der Waals surface area contributed by atoms with E-state index in [0.717, 1.165) is 30.4 Å². The number of unbranched alkanes of at least 4 members (excludes halogenated alkanes) is 1. The second kappa shape index (κ2) is 10.2. The van der Waals surface area contributed by atoms with Gasteiger partial charge in [0.05, 0.1) is 5.56 Å². The third kappa shape index (κ3) is 6.50. The van der Waals surface area contributed by atoms with Gasteiger partial charge in [0.2, 0.25) is 10.0 Å². The Kier molecular flexibility index (Phi) is 7.97. The SMILES string of the molecule is CC1(C)C2CC(NS(=O)(=O)C=Cc3cccc(C(F)(F)F)c3)C(C/C=C\CCCC(=O)O)C1C2. The van der Waals surface area contributed by atoms with Gasteiger partial charge in [0, 0.05) is 17.9 Å². The predicted octanol–water partition coefficient (Wildman–Crippen LogP) is 5.85. The Labute approximate surface area is 199 Å². The molecule has 0 aromatic heterocycles. The van der Waals surface area contributed by atoms with Crippen LogP contribution in [0.25, 0.3) is 6.08 Å². The van der Waals surface area contributed by atoms with Gasteiger partial charge < -0.3 is 5.11 Å². The summed E-state index contributed by atoms with van der Waals surface area (Å²) in [6.45, 7) is 4.43. The number of hydrogen-bond donors (Lipinski definition) is 2. The number of rotatable bonds is 10. The van der Waals surface area contributed by atoms with Crippen LogP contribution >= 0.6 is 0 Å². The number of carbonyl (C=O) groups is 1. The van der Waals surface area contributed by atoms with Crippen molar-refractivity contribution in [1.82, 2.24) is 4.72 Å². The minimum absolute atomic E-state index is 0.104. The summed E-state index contributed by atoms with van der Waals surface area (Å²) in [5, 5.41) is 9.67. The van der Waals surface area contributed by atoms with E-state index in [4.69, 9.17) is 5.11 Å². The molecule has 2 bridgehead atoms. The Bertz CT molecular complexity index is 1050. The highest BCUT2D eigenvalue weighted by Crippen LogP contribution is 2.62. The number of halogens is 3. The van der Waals surface area contributed by atoms with E-state index in [1.807, 2.05) is 12.2 Å². The van der Waals surface area contributed by atoms with Crippen LogP contribution in [-0.2, 0) is 21.0 Å². The van der Waals surface area contributed by atoms with E-state index in [9.17, 15) is 26.4 Å². The summed E-state index contributed by atoms with van der Waals surface area (Å²) in [5.41, 5.74) is -0.532. The van der Waals surface area contributed by atoms with Gasteiger partial charge in [-0.25, -0.2) is 13.1 Å². The number of fused-ring (bicyclic) bond motifs is 2. The van der Waals surface area contributed by atoms with Crippen LogP contribution in [0.4, 0.5) is 13.2 Å². The van der Waals surface area contributed by atoms with Crippen molar-refractivity contribution in [3.63, 3.8) is 0 Å². The highest BCUT2D eigenvalue weighted by molar-refractivity contribution is 7.92. The Balaban J connectivity index is 1.67. The molecule has 3 aliphatic rings. The van der Waals surface area contributed by atoms with Gasteiger partial charge in [0.25, 0.3) is 0 Å². The first-order valence-corrected chi connectivity index (χ1v) is 13.1. The van der Waals surface area contributed by atoms with Crippen molar-refractivity contribution in [2.24, 2.45) is 23.2 Å². The summed E-state index contributed by atoms with van der Waals surface area (Å²) < 4.78 is 67.1. The molecule has 2 N–H and O–H groups in total. The molecule has 3 aliphatic carbocycles. The van der Waals surface area contributed by atoms with E-state index in [-0.39, 0.29) is 29.4 Å². The maximum absolute atomic E-state index is 12.9. The van der Waals surface area contributed by atoms with E-state index < -0.39 is 27.7 Å². The van der Waals surface area contributed by atoms with Crippen LogP contribution < -0.4 is 4.72 Å². The first-order chi connectivity index (χ1) is 15.8. The molecule has 9 heteroatoms. The molecule has 1 aromatic carbocycles. The minimum Gasteiger partial charge on any atom is -0.481 e. The van der Waals surface area contributed by atoms with Crippen molar-refractivity contribution < 1.29 is 31.5 Å². The zero-order chi connectivity index (χ0) is 25.1. The normalized spacial score (nSPS) is 26.6. The number of hydrogen-bond acceptors (Lipinski definition) is 3. The molecule has 4 unspecified atom stereocenters. The molecule has 0 amide bonds. The lowest BCUT2D eigenvalue weighted by molar-refractivity contribution is -0.138. The highest BCUT2D eigenvalue weighted by atomic mass is 32.2. The number of allylic oxidation sites excluding steroid dienone is 2. The van der Waals surface area contributed by atoms with Crippen LogP contribution in [0.1, 0.15) is 63.5 Å².